The molecule has 2 aromatic rings. The van der Waals surface area contributed by atoms with Gasteiger partial charge in [0.05, 0.1) is 29.1 Å². The van der Waals surface area contributed by atoms with Crippen LogP contribution in [-0.4, -0.2) is 56.8 Å². The monoisotopic (exact) mass is 445 g/mol. The van der Waals surface area contributed by atoms with E-state index in [1.807, 2.05) is 0 Å². The number of aromatic amines is 1. The predicted molar refractivity (Wildman–Crippen MR) is 115 cm³/mol. The van der Waals surface area contributed by atoms with Crippen LogP contribution in [0.15, 0.2) is 29.3 Å². The summed E-state index contributed by atoms with van der Waals surface area (Å²) in [7, 11) is -3.44. The minimum atomic E-state index is -3.44. The first-order valence-electron chi connectivity index (χ1n) is 10.6. The molecular formula is C21H27N5O4S. The van der Waals surface area contributed by atoms with Gasteiger partial charge in [-0.25, -0.2) is 13.4 Å². The van der Waals surface area contributed by atoms with E-state index in [0.29, 0.717) is 42.0 Å². The van der Waals surface area contributed by atoms with Crippen LogP contribution < -0.4 is 5.56 Å². The summed E-state index contributed by atoms with van der Waals surface area (Å²) in [4.78, 5) is 39.2. The van der Waals surface area contributed by atoms with Crippen molar-refractivity contribution in [2.75, 3.05) is 13.1 Å². The van der Waals surface area contributed by atoms with E-state index in [1.54, 1.807) is 37.1 Å². The van der Waals surface area contributed by atoms with Gasteiger partial charge in [0.2, 0.25) is 10.0 Å². The molecule has 9 nitrogen and oxygen atoms in total. The average molecular weight is 446 g/mol. The summed E-state index contributed by atoms with van der Waals surface area (Å²) in [5.41, 5.74) is 1.25. The number of fused-ring (bicyclic) bond motifs is 1. The van der Waals surface area contributed by atoms with Crippen molar-refractivity contribution in [3.8, 4) is 0 Å². The van der Waals surface area contributed by atoms with Gasteiger partial charge in [0.25, 0.3) is 11.5 Å². The van der Waals surface area contributed by atoms with Crippen LogP contribution in [0.5, 0.6) is 0 Å². The van der Waals surface area contributed by atoms with E-state index in [9.17, 15) is 18.0 Å². The molecule has 1 fully saturated rings. The maximum atomic E-state index is 13.1. The Kier molecular flexibility index (Phi) is 5.94. The van der Waals surface area contributed by atoms with Crippen LogP contribution in [0.1, 0.15) is 66.6 Å². The molecule has 2 aliphatic heterocycles. The number of pyridine rings is 1. The number of piperidine rings is 1. The number of hydrogen-bond donors (Lipinski definition) is 1. The molecule has 2 aliphatic rings. The number of nitrogens with zero attached hydrogens (tertiary/aromatic N) is 4. The van der Waals surface area contributed by atoms with Crippen molar-refractivity contribution in [2.45, 2.75) is 57.4 Å². The Hall–Kier alpha value is -2.59. The molecule has 4 heterocycles. The van der Waals surface area contributed by atoms with Crippen molar-refractivity contribution >= 4 is 15.9 Å². The third-order valence-electron chi connectivity index (χ3n) is 6.00. The molecule has 4 rings (SSSR count). The Labute approximate surface area is 181 Å². The molecule has 0 aliphatic carbocycles. The molecule has 166 valence electrons. The summed E-state index contributed by atoms with van der Waals surface area (Å²) >= 11 is 0. The number of hydrogen-bond acceptors (Lipinski definition) is 6. The number of H-pyrrole nitrogens is 1. The first-order valence-corrected chi connectivity index (χ1v) is 12.1. The molecule has 0 radical (unpaired) electrons. The summed E-state index contributed by atoms with van der Waals surface area (Å²) in [5, 5.41) is -0.540. The zero-order chi connectivity index (χ0) is 22.2. The second-order valence-electron chi connectivity index (χ2n) is 8.31. The van der Waals surface area contributed by atoms with Gasteiger partial charge in [-0.2, -0.15) is 4.31 Å². The van der Waals surface area contributed by atoms with E-state index >= 15 is 0 Å². The van der Waals surface area contributed by atoms with E-state index in [4.69, 9.17) is 0 Å². The van der Waals surface area contributed by atoms with Crippen molar-refractivity contribution < 1.29 is 13.2 Å². The molecule has 1 N–H and O–H groups in total. The minimum absolute atomic E-state index is 0.0794. The van der Waals surface area contributed by atoms with Crippen LogP contribution in [-0.2, 0) is 23.0 Å². The van der Waals surface area contributed by atoms with Crippen molar-refractivity contribution in [3.63, 3.8) is 0 Å². The van der Waals surface area contributed by atoms with Crippen molar-refractivity contribution in [3.05, 3.63) is 57.5 Å². The van der Waals surface area contributed by atoms with Crippen molar-refractivity contribution in [1.29, 1.82) is 0 Å². The predicted octanol–water partition coefficient (Wildman–Crippen LogP) is 1.63. The molecule has 0 spiro atoms. The van der Waals surface area contributed by atoms with Crippen LogP contribution in [0.2, 0.25) is 0 Å². The minimum Gasteiger partial charge on any atom is -0.328 e. The highest BCUT2D eigenvalue weighted by Crippen LogP contribution is 2.31. The summed E-state index contributed by atoms with van der Waals surface area (Å²) < 4.78 is 26.6. The van der Waals surface area contributed by atoms with Gasteiger partial charge in [0, 0.05) is 31.0 Å². The van der Waals surface area contributed by atoms with Gasteiger partial charge in [0.15, 0.2) is 0 Å². The second-order valence-corrected chi connectivity index (χ2v) is 10.8. The highest BCUT2D eigenvalue weighted by molar-refractivity contribution is 7.89. The highest BCUT2D eigenvalue weighted by Gasteiger charge is 2.34. The van der Waals surface area contributed by atoms with Crippen LogP contribution >= 0.6 is 0 Å². The molecule has 0 saturated carbocycles. The van der Waals surface area contributed by atoms with E-state index < -0.39 is 15.3 Å². The van der Waals surface area contributed by atoms with Gasteiger partial charge < -0.3 is 9.88 Å². The number of aromatic nitrogens is 3. The first-order chi connectivity index (χ1) is 14.8. The standard InChI is InChI=1S/C21H27N5O4S/c1-14(2)31(29,30)25-11-8-16-17(13-25)23-19(24-20(16)27)18-7-3-4-10-26(18)21(28)15-6-5-9-22-12-15/h5-6,9,12,14,18H,3-4,7-8,10-11,13H2,1-2H3,(H,23,24,27)/t18-/m1/s1. The zero-order valence-corrected chi connectivity index (χ0v) is 18.6. The van der Waals surface area contributed by atoms with Gasteiger partial charge >= 0.3 is 0 Å². The van der Waals surface area contributed by atoms with Crippen LogP contribution in [0.25, 0.3) is 0 Å². The molecule has 0 aromatic carbocycles. The van der Waals surface area contributed by atoms with Crippen LogP contribution in [0.4, 0.5) is 0 Å². The van der Waals surface area contributed by atoms with Gasteiger partial charge in [-0.05, 0) is 51.7 Å². The molecule has 0 bridgehead atoms. The molecule has 0 unspecified atom stereocenters. The maximum absolute atomic E-state index is 13.1. The smallest absolute Gasteiger partial charge is 0.256 e. The number of carbonyl (C=O) groups is 1. The Morgan fingerprint density at radius 1 is 1.26 bits per heavy atom. The Morgan fingerprint density at radius 2 is 2.06 bits per heavy atom. The number of carbonyl (C=O) groups excluding carboxylic acids is 1. The summed E-state index contributed by atoms with van der Waals surface area (Å²) in [6, 6.07) is 3.07. The van der Waals surface area contributed by atoms with Gasteiger partial charge in [-0.1, -0.05) is 0 Å². The molecule has 2 aromatic heterocycles. The van der Waals surface area contributed by atoms with Crippen LogP contribution in [0, 0.1) is 0 Å². The number of nitrogens with one attached hydrogen (secondary N) is 1. The molecule has 1 amide bonds. The summed E-state index contributed by atoms with van der Waals surface area (Å²) in [6.07, 6.45) is 5.94. The lowest BCUT2D eigenvalue weighted by atomic mass is 9.99. The van der Waals surface area contributed by atoms with Crippen molar-refractivity contribution in [1.82, 2.24) is 24.2 Å². The lowest BCUT2D eigenvalue weighted by molar-refractivity contribution is 0.0598. The fourth-order valence-corrected chi connectivity index (χ4v) is 5.47. The lowest BCUT2D eigenvalue weighted by Gasteiger charge is -2.36. The second kappa shape index (κ2) is 8.51. The molecule has 31 heavy (non-hydrogen) atoms. The van der Waals surface area contributed by atoms with Gasteiger partial charge in [0.1, 0.15) is 5.82 Å². The lowest BCUT2D eigenvalue weighted by Crippen LogP contribution is -2.43. The van der Waals surface area contributed by atoms with Gasteiger partial charge in [-0.3, -0.25) is 14.6 Å². The molecular weight excluding hydrogens is 418 g/mol. The van der Waals surface area contributed by atoms with Crippen molar-refractivity contribution in [2.24, 2.45) is 0 Å². The average Bonchev–Trinajstić information content (AvgIpc) is 2.78. The van der Waals surface area contributed by atoms with E-state index in [-0.39, 0.29) is 30.6 Å². The Bertz CT molecular complexity index is 1130. The van der Waals surface area contributed by atoms with E-state index in [0.717, 1.165) is 12.8 Å². The Balaban J connectivity index is 1.67. The number of amides is 1. The fourth-order valence-electron chi connectivity index (χ4n) is 4.22. The molecule has 10 heteroatoms. The van der Waals surface area contributed by atoms with Gasteiger partial charge in [-0.15, -0.1) is 0 Å². The molecule has 1 atom stereocenters. The third-order valence-corrected chi connectivity index (χ3v) is 8.22. The quantitative estimate of drug-likeness (QED) is 0.765. The third kappa shape index (κ3) is 4.14. The highest BCUT2D eigenvalue weighted by atomic mass is 32.2. The SMILES string of the molecule is CC(C)S(=O)(=O)N1CCc2c(nc([C@H]3CCCCN3C(=O)c3cccnc3)[nH]c2=O)C1. The summed E-state index contributed by atoms with van der Waals surface area (Å²) in [5.74, 6) is 0.270. The van der Waals surface area contributed by atoms with E-state index in [2.05, 4.69) is 15.0 Å². The number of likely N-dealkylation sites (tertiary alicyclic amines) is 1. The largest absolute Gasteiger partial charge is 0.328 e. The Morgan fingerprint density at radius 3 is 2.77 bits per heavy atom. The fraction of sp³-hybridized carbons (Fsp3) is 0.524. The topological polar surface area (TPSA) is 116 Å². The first kappa shape index (κ1) is 21.6. The summed E-state index contributed by atoms with van der Waals surface area (Å²) in [6.45, 7) is 4.20. The van der Waals surface area contributed by atoms with E-state index in [1.165, 1.54) is 10.5 Å². The van der Waals surface area contributed by atoms with Crippen LogP contribution in [0.3, 0.4) is 0 Å². The normalized spacial score (nSPS) is 20.0. The number of rotatable bonds is 4. The maximum Gasteiger partial charge on any atom is 0.256 e. The zero-order valence-electron chi connectivity index (χ0n) is 17.7. The number of sulfonamides is 1. The molecule has 1 saturated heterocycles.